The van der Waals surface area contributed by atoms with Crippen LogP contribution in [-0.2, 0) is 0 Å². The number of aromatic nitrogens is 1. The fourth-order valence-electron chi connectivity index (χ4n) is 2.32. The van der Waals surface area contributed by atoms with Crippen LogP contribution >= 0.6 is 0 Å². The molecular weight excluding hydrogens is 208 g/mol. The lowest BCUT2D eigenvalue weighted by Gasteiger charge is -2.00. The number of H-pyrrole nitrogens is 1. The summed E-state index contributed by atoms with van der Waals surface area (Å²) < 4.78 is 0. The number of rotatable bonds is 2. The average Bonchev–Trinajstić information content (AvgIpc) is 2.74. The van der Waals surface area contributed by atoms with Gasteiger partial charge in [0.2, 0.25) is 0 Å². The number of hydrogen-bond donors (Lipinski definition) is 1. The zero-order valence-corrected chi connectivity index (χ0v) is 11.3. The Hall–Kier alpha value is -1.57. The maximum Gasteiger partial charge on any atom is 0.0686 e. The van der Waals surface area contributed by atoms with Crippen LogP contribution in [0.5, 0.6) is 0 Å². The van der Waals surface area contributed by atoms with Gasteiger partial charge in [0, 0.05) is 17.6 Å². The predicted octanol–water partition coefficient (Wildman–Crippen LogP) is 4.17. The van der Waals surface area contributed by atoms with Crippen LogP contribution in [0.25, 0.3) is 6.08 Å². The van der Waals surface area contributed by atoms with Crippen LogP contribution in [-0.4, -0.2) is 10.7 Å². The molecule has 1 N–H and O–H groups in total. The van der Waals surface area contributed by atoms with Gasteiger partial charge in [-0.05, 0) is 62.5 Å². The maximum absolute atomic E-state index is 4.65. The van der Waals surface area contributed by atoms with Crippen molar-refractivity contribution in [1.82, 2.24) is 4.98 Å². The molecule has 0 amide bonds. The van der Waals surface area contributed by atoms with Crippen LogP contribution < -0.4 is 0 Å². The molecule has 2 heterocycles. The third-order valence-electron chi connectivity index (χ3n) is 3.64. The van der Waals surface area contributed by atoms with E-state index in [-0.39, 0.29) is 0 Å². The van der Waals surface area contributed by atoms with Crippen molar-refractivity contribution < 1.29 is 0 Å². The molecule has 0 atom stereocenters. The van der Waals surface area contributed by atoms with E-state index < -0.39 is 0 Å². The largest absolute Gasteiger partial charge is 0.361 e. The molecule has 1 aliphatic rings. The van der Waals surface area contributed by atoms with E-state index in [1.54, 1.807) is 0 Å². The normalized spacial score (nSPS) is 18.2. The highest BCUT2D eigenvalue weighted by Gasteiger charge is 2.16. The summed E-state index contributed by atoms with van der Waals surface area (Å²) in [5, 5.41) is 0. The second kappa shape index (κ2) is 4.36. The molecule has 1 aliphatic heterocycles. The minimum Gasteiger partial charge on any atom is -0.361 e. The molecule has 90 valence electrons. The Bertz CT molecular complexity index is 539. The predicted molar refractivity (Wildman–Crippen MR) is 74.3 cm³/mol. The first-order chi connectivity index (χ1) is 8.04. The van der Waals surface area contributed by atoms with Crippen molar-refractivity contribution in [2.24, 2.45) is 4.99 Å². The van der Waals surface area contributed by atoms with Gasteiger partial charge in [-0.15, -0.1) is 0 Å². The highest BCUT2D eigenvalue weighted by molar-refractivity contribution is 6.03. The summed E-state index contributed by atoms with van der Waals surface area (Å²) in [6.45, 7) is 10.7. The fraction of sp³-hybridized carbons (Fsp3) is 0.400. The third kappa shape index (κ3) is 1.99. The Morgan fingerprint density at radius 2 is 1.94 bits per heavy atom. The Morgan fingerprint density at radius 1 is 1.24 bits per heavy atom. The zero-order chi connectivity index (χ0) is 12.6. The lowest BCUT2D eigenvalue weighted by atomic mass is 10.0. The van der Waals surface area contributed by atoms with E-state index in [0.717, 1.165) is 17.8 Å². The van der Waals surface area contributed by atoms with Gasteiger partial charge >= 0.3 is 0 Å². The van der Waals surface area contributed by atoms with Gasteiger partial charge in [0.15, 0.2) is 0 Å². The number of aromatic amines is 1. The molecule has 0 saturated heterocycles. The lowest BCUT2D eigenvalue weighted by Crippen LogP contribution is -1.91. The molecule has 2 rings (SSSR count). The van der Waals surface area contributed by atoms with E-state index in [0.29, 0.717) is 0 Å². The molecule has 0 bridgehead atoms. The maximum atomic E-state index is 4.65. The first kappa shape index (κ1) is 11.9. The molecule has 0 aromatic carbocycles. The Balaban J connectivity index is 2.44. The van der Waals surface area contributed by atoms with Gasteiger partial charge in [-0.25, -0.2) is 0 Å². The van der Waals surface area contributed by atoms with Gasteiger partial charge < -0.3 is 4.98 Å². The minimum atomic E-state index is 1.06. The number of nitrogens with zero attached hydrogens (tertiary/aromatic N) is 1. The molecule has 0 aliphatic carbocycles. The van der Waals surface area contributed by atoms with E-state index in [9.17, 15) is 0 Å². The van der Waals surface area contributed by atoms with Gasteiger partial charge in [-0.3, -0.25) is 4.99 Å². The standard InChI is InChI=1S/C15H20N2/c1-6-13-11(4)15(17-12(13)5)7-14-10(3)9(2)8-16-14/h7-8,16H,6H2,1-5H3/b15-7-. The van der Waals surface area contributed by atoms with Gasteiger partial charge in [0.05, 0.1) is 5.70 Å². The summed E-state index contributed by atoms with van der Waals surface area (Å²) >= 11 is 0. The van der Waals surface area contributed by atoms with Crippen LogP contribution in [0.15, 0.2) is 28.0 Å². The van der Waals surface area contributed by atoms with E-state index in [2.05, 4.69) is 50.7 Å². The third-order valence-corrected chi connectivity index (χ3v) is 3.64. The monoisotopic (exact) mass is 228 g/mol. The summed E-state index contributed by atoms with van der Waals surface area (Å²) in [6, 6.07) is 0. The first-order valence-corrected chi connectivity index (χ1v) is 6.16. The second-order valence-electron chi connectivity index (χ2n) is 4.69. The molecule has 0 fully saturated rings. The molecule has 0 radical (unpaired) electrons. The van der Waals surface area contributed by atoms with Crippen molar-refractivity contribution in [3.05, 3.63) is 39.9 Å². The van der Waals surface area contributed by atoms with Gasteiger partial charge in [-0.2, -0.15) is 0 Å². The Morgan fingerprint density at radius 3 is 2.41 bits per heavy atom. The number of allylic oxidation sites excluding steroid dienone is 2. The van der Waals surface area contributed by atoms with Crippen molar-refractivity contribution >= 4 is 11.8 Å². The molecular formula is C15H20N2. The van der Waals surface area contributed by atoms with Crippen molar-refractivity contribution in [2.75, 3.05) is 0 Å². The van der Waals surface area contributed by atoms with Crippen LogP contribution in [0.1, 0.15) is 44.0 Å². The summed E-state index contributed by atoms with van der Waals surface area (Å²) in [5.74, 6) is 0. The molecule has 0 unspecified atom stereocenters. The number of hydrogen-bond acceptors (Lipinski definition) is 1. The number of aliphatic imine (C=N–C) groups is 1. The summed E-state index contributed by atoms with van der Waals surface area (Å²) in [6.07, 6.45) is 5.26. The smallest absolute Gasteiger partial charge is 0.0686 e. The first-order valence-electron chi connectivity index (χ1n) is 6.16. The van der Waals surface area contributed by atoms with Crippen molar-refractivity contribution in [1.29, 1.82) is 0 Å². The molecule has 2 nitrogen and oxygen atoms in total. The quantitative estimate of drug-likeness (QED) is 0.787. The highest BCUT2D eigenvalue weighted by atomic mass is 14.8. The van der Waals surface area contributed by atoms with Crippen LogP contribution in [0.4, 0.5) is 0 Å². The van der Waals surface area contributed by atoms with Crippen LogP contribution in [0.3, 0.4) is 0 Å². The number of aryl methyl sites for hydroxylation is 1. The average molecular weight is 228 g/mol. The molecule has 1 aromatic rings. The van der Waals surface area contributed by atoms with Crippen LogP contribution in [0, 0.1) is 13.8 Å². The lowest BCUT2D eigenvalue weighted by molar-refractivity contribution is 1.15. The summed E-state index contributed by atoms with van der Waals surface area (Å²) in [7, 11) is 0. The molecule has 2 heteroatoms. The summed E-state index contributed by atoms with van der Waals surface area (Å²) in [4.78, 5) is 7.95. The van der Waals surface area contributed by atoms with E-state index >= 15 is 0 Å². The Labute approximate surface area is 103 Å². The van der Waals surface area contributed by atoms with Crippen molar-refractivity contribution in [2.45, 2.75) is 41.0 Å². The van der Waals surface area contributed by atoms with Crippen molar-refractivity contribution in [3.8, 4) is 0 Å². The fourth-order valence-corrected chi connectivity index (χ4v) is 2.32. The van der Waals surface area contributed by atoms with Gasteiger partial charge in [0.1, 0.15) is 0 Å². The molecule has 17 heavy (non-hydrogen) atoms. The molecule has 0 spiro atoms. The Kier molecular flexibility index (Phi) is 3.05. The van der Waals surface area contributed by atoms with Crippen LogP contribution in [0.2, 0.25) is 0 Å². The van der Waals surface area contributed by atoms with Crippen molar-refractivity contribution in [3.63, 3.8) is 0 Å². The molecule has 1 aromatic heterocycles. The van der Waals surface area contributed by atoms with E-state index in [4.69, 9.17) is 0 Å². The van der Waals surface area contributed by atoms with E-state index in [1.165, 1.54) is 28.0 Å². The second-order valence-corrected chi connectivity index (χ2v) is 4.69. The summed E-state index contributed by atoms with van der Waals surface area (Å²) in [5.41, 5.74) is 8.75. The minimum absolute atomic E-state index is 1.06. The highest BCUT2D eigenvalue weighted by Crippen LogP contribution is 2.29. The topological polar surface area (TPSA) is 28.1 Å². The molecule has 0 saturated carbocycles. The SMILES string of the molecule is CCC1=C(C)/C(=C/c2[nH]cc(C)c2C)N=C1C. The van der Waals surface area contributed by atoms with E-state index in [1.807, 2.05) is 6.20 Å². The zero-order valence-electron chi connectivity index (χ0n) is 11.3. The van der Waals surface area contributed by atoms with Gasteiger partial charge in [-0.1, -0.05) is 6.92 Å². The number of nitrogens with one attached hydrogen (secondary N) is 1. The van der Waals surface area contributed by atoms with Gasteiger partial charge in [0.25, 0.3) is 0 Å².